The van der Waals surface area contributed by atoms with Crippen LogP contribution in [0, 0.1) is 0 Å². The molecule has 1 aromatic rings. The zero-order valence-electron chi connectivity index (χ0n) is 12.1. The number of hydrogen-bond donors (Lipinski definition) is 2. The molecule has 0 heterocycles. The molecule has 1 aromatic carbocycles. The molecule has 1 saturated carbocycles. The minimum absolute atomic E-state index is 0.0199. The third-order valence-corrected chi connectivity index (χ3v) is 6.17. The summed E-state index contributed by atoms with van der Waals surface area (Å²) in [4.78, 5) is 0. The number of sulfone groups is 1. The Bertz CT molecular complexity index is 535. The maximum Gasteiger partial charge on any atom is 0.155 e. The summed E-state index contributed by atoms with van der Waals surface area (Å²) in [6, 6.07) is 7.22. The Morgan fingerprint density at radius 1 is 1.24 bits per heavy atom. The summed E-state index contributed by atoms with van der Waals surface area (Å²) in [6.07, 6.45) is 2.37. The molecule has 0 radical (unpaired) electrons. The molecule has 0 amide bonds. The molecule has 21 heavy (non-hydrogen) atoms. The fraction of sp³-hybridized carbons (Fsp3) is 0.600. The molecular formula is C15H23NO4S. The first kappa shape index (κ1) is 16.3. The van der Waals surface area contributed by atoms with Crippen LogP contribution in [0.15, 0.2) is 24.3 Å². The highest BCUT2D eigenvalue weighted by molar-refractivity contribution is 7.92. The van der Waals surface area contributed by atoms with Crippen molar-refractivity contribution in [2.24, 2.45) is 5.73 Å². The number of aliphatic hydroxyl groups is 1. The summed E-state index contributed by atoms with van der Waals surface area (Å²) >= 11 is 0. The maximum atomic E-state index is 12.1. The lowest BCUT2D eigenvalue weighted by Gasteiger charge is -2.16. The summed E-state index contributed by atoms with van der Waals surface area (Å²) in [6.45, 7) is 0.441. The van der Waals surface area contributed by atoms with Crippen molar-refractivity contribution in [3.05, 3.63) is 29.8 Å². The summed E-state index contributed by atoms with van der Waals surface area (Å²) in [5.74, 6) is 0.378. The molecule has 1 aliphatic carbocycles. The van der Waals surface area contributed by atoms with Crippen LogP contribution < -0.4 is 10.5 Å². The van der Waals surface area contributed by atoms with E-state index in [0.29, 0.717) is 12.3 Å². The number of ether oxygens (including phenoxy) is 1. The smallest absolute Gasteiger partial charge is 0.155 e. The van der Waals surface area contributed by atoms with Gasteiger partial charge in [-0.05, 0) is 30.5 Å². The monoisotopic (exact) mass is 313 g/mol. The zero-order valence-corrected chi connectivity index (χ0v) is 12.9. The largest absolute Gasteiger partial charge is 0.491 e. The van der Waals surface area contributed by atoms with Crippen LogP contribution in [0.1, 0.15) is 31.2 Å². The van der Waals surface area contributed by atoms with E-state index in [1.54, 1.807) is 12.1 Å². The Morgan fingerprint density at radius 2 is 1.86 bits per heavy atom. The van der Waals surface area contributed by atoms with Gasteiger partial charge >= 0.3 is 0 Å². The predicted octanol–water partition coefficient (Wildman–Crippen LogP) is 1.24. The van der Waals surface area contributed by atoms with Crippen molar-refractivity contribution in [1.82, 2.24) is 0 Å². The van der Waals surface area contributed by atoms with Crippen molar-refractivity contribution in [3.63, 3.8) is 0 Å². The molecule has 0 aromatic heterocycles. The Balaban J connectivity index is 1.82. The van der Waals surface area contributed by atoms with E-state index in [9.17, 15) is 13.5 Å². The Morgan fingerprint density at radius 3 is 2.43 bits per heavy atom. The standard InChI is InChI=1S/C15H23NO4S/c16-9-12-5-7-14(8-6-12)20-10-13(17)11-21(18,19)15-3-1-2-4-15/h5-8,13,15,17H,1-4,9-11,16H2. The average Bonchev–Trinajstić information content (AvgIpc) is 3.00. The number of benzene rings is 1. The quantitative estimate of drug-likeness (QED) is 0.790. The van der Waals surface area contributed by atoms with Gasteiger partial charge in [0.05, 0.1) is 11.0 Å². The van der Waals surface area contributed by atoms with Crippen molar-refractivity contribution >= 4 is 9.84 Å². The molecule has 0 aliphatic heterocycles. The van der Waals surface area contributed by atoms with E-state index in [-0.39, 0.29) is 17.6 Å². The van der Waals surface area contributed by atoms with Crippen LogP contribution in [0.3, 0.4) is 0 Å². The SMILES string of the molecule is NCc1ccc(OCC(O)CS(=O)(=O)C2CCCC2)cc1. The fourth-order valence-electron chi connectivity index (χ4n) is 2.61. The Labute approximate surface area is 126 Å². The lowest BCUT2D eigenvalue weighted by Crippen LogP contribution is -2.32. The fourth-order valence-corrected chi connectivity index (χ4v) is 4.57. The first-order valence-corrected chi connectivity index (χ1v) is 9.04. The molecule has 118 valence electrons. The lowest BCUT2D eigenvalue weighted by molar-refractivity contribution is 0.124. The molecule has 6 heteroatoms. The molecule has 0 saturated heterocycles. The van der Waals surface area contributed by atoms with Crippen molar-refractivity contribution in [2.75, 3.05) is 12.4 Å². The highest BCUT2D eigenvalue weighted by Crippen LogP contribution is 2.25. The lowest BCUT2D eigenvalue weighted by atomic mass is 10.2. The Kier molecular flexibility index (Phi) is 5.61. The average molecular weight is 313 g/mol. The summed E-state index contributed by atoms with van der Waals surface area (Å²) in [7, 11) is -3.22. The van der Waals surface area contributed by atoms with Crippen LogP contribution in [0.5, 0.6) is 5.75 Å². The van der Waals surface area contributed by atoms with E-state index in [4.69, 9.17) is 10.5 Å². The van der Waals surface area contributed by atoms with Crippen LogP contribution in [0.2, 0.25) is 0 Å². The van der Waals surface area contributed by atoms with E-state index in [2.05, 4.69) is 0 Å². The molecule has 3 N–H and O–H groups in total. The van der Waals surface area contributed by atoms with Gasteiger partial charge in [-0.3, -0.25) is 0 Å². The number of rotatable bonds is 7. The van der Waals surface area contributed by atoms with Crippen molar-refractivity contribution in [2.45, 2.75) is 43.6 Å². The van der Waals surface area contributed by atoms with Crippen molar-refractivity contribution < 1.29 is 18.3 Å². The van der Waals surface area contributed by atoms with Gasteiger partial charge in [-0.2, -0.15) is 0 Å². The first-order valence-electron chi connectivity index (χ1n) is 7.32. The minimum atomic E-state index is -3.22. The minimum Gasteiger partial charge on any atom is -0.491 e. The highest BCUT2D eigenvalue weighted by atomic mass is 32.2. The van der Waals surface area contributed by atoms with Crippen LogP contribution in [0.4, 0.5) is 0 Å². The molecule has 1 aliphatic rings. The summed E-state index contributed by atoms with van der Waals surface area (Å²) < 4.78 is 29.6. The van der Waals surface area contributed by atoms with Gasteiger partial charge in [0.15, 0.2) is 9.84 Å². The second-order valence-electron chi connectivity index (χ2n) is 5.55. The van der Waals surface area contributed by atoms with E-state index < -0.39 is 15.9 Å². The zero-order chi connectivity index (χ0) is 15.3. The molecule has 1 unspecified atom stereocenters. The van der Waals surface area contributed by atoms with Crippen LogP contribution in [-0.2, 0) is 16.4 Å². The number of nitrogens with two attached hydrogens (primary N) is 1. The number of aliphatic hydroxyl groups excluding tert-OH is 1. The van der Waals surface area contributed by atoms with Crippen molar-refractivity contribution in [1.29, 1.82) is 0 Å². The predicted molar refractivity (Wildman–Crippen MR) is 81.9 cm³/mol. The Hall–Kier alpha value is -1.11. The highest BCUT2D eigenvalue weighted by Gasteiger charge is 2.30. The molecule has 0 spiro atoms. The topological polar surface area (TPSA) is 89.6 Å². The molecule has 5 nitrogen and oxygen atoms in total. The van der Waals surface area contributed by atoms with Gasteiger partial charge in [0, 0.05) is 6.54 Å². The first-order chi connectivity index (χ1) is 10.0. The third-order valence-electron chi connectivity index (χ3n) is 3.84. The second-order valence-corrected chi connectivity index (χ2v) is 7.87. The van der Waals surface area contributed by atoms with Crippen molar-refractivity contribution in [3.8, 4) is 5.75 Å². The second kappa shape index (κ2) is 7.24. The van der Waals surface area contributed by atoms with Gasteiger partial charge in [-0.25, -0.2) is 8.42 Å². The normalized spacial score (nSPS) is 17.8. The molecule has 2 rings (SSSR count). The van der Waals surface area contributed by atoms with Gasteiger partial charge in [0.25, 0.3) is 0 Å². The van der Waals surface area contributed by atoms with Crippen LogP contribution in [-0.4, -0.2) is 37.2 Å². The van der Waals surface area contributed by atoms with Crippen LogP contribution >= 0.6 is 0 Å². The van der Waals surface area contributed by atoms with Gasteiger partial charge in [-0.1, -0.05) is 25.0 Å². The van der Waals surface area contributed by atoms with E-state index >= 15 is 0 Å². The van der Waals surface area contributed by atoms with Gasteiger partial charge in [-0.15, -0.1) is 0 Å². The maximum absolute atomic E-state index is 12.1. The van der Waals surface area contributed by atoms with Gasteiger partial charge < -0.3 is 15.6 Å². The van der Waals surface area contributed by atoms with E-state index in [1.165, 1.54) is 0 Å². The molecular weight excluding hydrogens is 290 g/mol. The molecule has 1 fully saturated rings. The third kappa shape index (κ3) is 4.69. The number of hydrogen-bond acceptors (Lipinski definition) is 5. The van der Waals surface area contributed by atoms with Crippen LogP contribution in [0.25, 0.3) is 0 Å². The molecule has 0 bridgehead atoms. The van der Waals surface area contributed by atoms with Gasteiger partial charge in [0.2, 0.25) is 0 Å². The summed E-state index contributed by atoms with van der Waals surface area (Å²) in [5.41, 5.74) is 6.50. The van der Waals surface area contributed by atoms with Gasteiger partial charge in [0.1, 0.15) is 18.5 Å². The van der Waals surface area contributed by atoms with E-state index in [0.717, 1.165) is 31.2 Å². The molecule has 1 atom stereocenters. The summed E-state index contributed by atoms with van der Waals surface area (Å²) in [5, 5.41) is 9.60. The van der Waals surface area contributed by atoms with E-state index in [1.807, 2.05) is 12.1 Å².